The van der Waals surface area contributed by atoms with Crippen LogP contribution in [-0.4, -0.2) is 40.0 Å². The van der Waals surface area contributed by atoms with Gasteiger partial charge in [0.05, 0.1) is 17.2 Å². The third kappa shape index (κ3) is 3.19. The van der Waals surface area contributed by atoms with Crippen LogP contribution in [-0.2, 0) is 4.79 Å². The maximum Gasteiger partial charge on any atom is 0.308 e. The average Bonchev–Trinajstić information content (AvgIpc) is 2.45. The Morgan fingerprint density at radius 1 is 1.43 bits per heavy atom. The van der Waals surface area contributed by atoms with E-state index in [1.54, 1.807) is 17.9 Å². The molecule has 0 aromatic carbocycles. The lowest BCUT2D eigenvalue weighted by Gasteiger charge is -2.34. The summed E-state index contributed by atoms with van der Waals surface area (Å²) in [6.07, 6.45) is 0.582. The number of aromatic nitrogens is 1. The topological polar surface area (TPSA) is 94.3 Å². The van der Waals surface area contributed by atoms with E-state index in [1.807, 2.05) is 13.0 Å². The molecule has 0 bridgehead atoms. The predicted molar refractivity (Wildman–Crippen MR) is 74.5 cm³/mol. The third-order valence-electron chi connectivity index (χ3n) is 3.72. The molecule has 1 aromatic rings. The van der Waals surface area contributed by atoms with Crippen molar-refractivity contribution >= 4 is 11.9 Å². The summed E-state index contributed by atoms with van der Waals surface area (Å²) in [5.74, 6) is -1.54. The van der Waals surface area contributed by atoms with Crippen LogP contribution in [0.15, 0.2) is 12.1 Å². The highest BCUT2D eigenvalue weighted by atomic mass is 16.4. The van der Waals surface area contributed by atoms with Gasteiger partial charge in [-0.2, -0.15) is 5.26 Å². The van der Waals surface area contributed by atoms with Gasteiger partial charge in [-0.15, -0.1) is 0 Å². The summed E-state index contributed by atoms with van der Waals surface area (Å²) >= 11 is 0. The molecule has 2 rings (SSSR count). The average molecular weight is 287 g/mol. The molecule has 0 spiro atoms. The van der Waals surface area contributed by atoms with Gasteiger partial charge in [0, 0.05) is 13.1 Å². The zero-order valence-corrected chi connectivity index (χ0v) is 12.0. The monoisotopic (exact) mass is 287 g/mol. The fraction of sp³-hybridized carbons (Fsp3) is 0.467. The number of carbonyl (C=O) groups is 2. The summed E-state index contributed by atoms with van der Waals surface area (Å²) in [5.41, 5.74) is 1.19. The molecule has 1 N–H and O–H groups in total. The predicted octanol–water partition coefficient (Wildman–Crippen LogP) is 1.44. The molecular weight excluding hydrogens is 270 g/mol. The molecule has 1 aromatic heterocycles. The van der Waals surface area contributed by atoms with E-state index in [0.717, 1.165) is 0 Å². The third-order valence-corrected chi connectivity index (χ3v) is 3.72. The molecule has 6 nitrogen and oxygen atoms in total. The van der Waals surface area contributed by atoms with Gasteiger partial charge in [0.25, 0.3) is 5.91 Å². The van der Waals surface area contributed by atoms with Gasteiger partial charge in [0.1, 0.15) is 11.8 Å². The van der Waals surface area contributed by atoms with Gasteiger partial charge in [0.2, 0.25) is 0 Å². The summed E-state index contributed by atoms with van der Waals surface area (Å²) in [5, 5.41) is 18.0. The van der Waals surface area contributed by atoms with Crippen molar-refractivity contribution in [3.63, 3.8) is 0 Å². The first-order valence-corrected chi connectivity index (χ1v) is 6.82. The molecule has 1 amide bonds. The summed E-state index contributed by atoms with van der Waals surface area (Å²) in [6.45, 7) is 4.35. The zero-order valence-electron chi connectivity index (χ0n) is 12.0. The van der Waals surface area contributed by atoms with Crippen molar-refractivity contribution in [1.82, 2.24) is 9.88 Å². The maximum atomic E-state index is 12.5. The number of carbonyl (C=O) groups excluding carboxylic acids is 1. The largest absolute Gasteiger partial charge is 0.481 e. The number of pyridine rings is 1. The van der Waals surface area contributed by atoms with Crippen LogP contribution in [0.25, 0.3) is 0 Å². The second-order valence-corrected chi connectivity index (χ2v) is 5.53. The van der Waals surface area contributed by atoms with Crippen LogP contribution in [0.4, 0.5) is 0 Å². The quantitative estimate of drug-likeness (QED) is 0.888. The number of nitriles is 1. The lowest BCUT2D eigenvalue weighted by molar-refractivity contribution is -0.143. The maximum absolute atomic E-state index is 12.5. The van der Waals surface area contributed by atoms with Crippen LogP contribution in [0.5, 0.6) is 0 Å². The summed E-state index contributed by atoms with van der Waals surface area (Å²) in [4.78, 5) is 29.3. The Morgan fingerprint density at radius 3 is 2.71 bits per heavy atom. The zero-order chi connectivity index (χ0) is 15.6. The first-order chi connectivity index (χ1) is 9.92. The number of rotatable bonds is 2. The minimum absolute atomic E-state index is 0.142. The van der Waals surface area contributed by atoms with Crippen LogP contribution in [0.2, 0.25) is 0 Å². The van der Waals surface area contributed by atoms with E-state index >= 15 is 0 Å². The van der Waals surface area contributed by atoms with Gasteiger partial charge in [0.15, 0.2) is 0 Å². The molecule has 2 atom stereocenters. The highest BCUT2D eigenvalue weighted by Crippen LogP contribution is 2.23. The van der Waals surface area contributed by atoms with E-state index in [4.69, 9.17) is 10.4 Å². The summed E-state index contributed by atoms with van der Waals surface area (Å²) in [7, 11) is 0. The first-order valence-electron chi connectivity index (χ1n) is 6.82. The van der Waals surface area contributed by atoms with Crippen molar-refractivity contribution in [2.75, 3.05) is 13.1 Å². The van der Waals surface area contributed by atoms with Crippen LogP contribution in [0.1, 0.15) is 35.1 Å². The van der Waals surface area contributed by atoms with Crippen molar-refractivity contribution in [1.29, 1.82) is 5.26 Å². The highest BCUT2D eigenvalue weighted by Gasteiger charge is 2.32. The Morgan fingerprint density at radius 2 is 2.14 bits per heavy atom. The molecule has 6 heteroatoms. The fourth-order valence-corrected chi connectivity index (χ4v) is 2.66. The smallest absolute Gasteiger partial charge is 0.308 e. The van der Waals surface area contributed by atoms with Gasteiger partial charge in [-0.25, -0.2) is 4.98 Å². The van der Waals surface area contributed by atoms with Gasteiger partial charge >= 0.3 is 5.97 Å². The van der Waals surface area contributed by atoms with Gasteiger partial charge in [-0.1, -0.05) is 6.92 Å². The van der Waals surface area contributed by atoms with Gasteiger partial charge in [-0.05, 0) is 31.4 Å². The van der Waals surface area contributed by atoms with Crippen molar-refractivity contribution < 1.29 is 14.7 Å². The molecule has 1 saturated heterocycles. The van der Waals surface area contributed by atoms with Crippen LogP contribution < -0.4 is 0 Å². The van der Waals surface area contributed by atoms with Crippen molar-refractivity contribution in [3.05, 3.63) is 29.1 Å². The number of aliphatic carboxylic acids is 1. The molecule has 1 aliphatic rings. The first kappa shape index (κ1) is 15.0. The van der Waals surface area contributed by atoms with Crippen LogP contribution >= 0.6 is 0 Å². The number of carboxylic acids is 1. The normalized spacial score (nSPS) is 21.7. The van der Waals surface area contributed by atoms with Crippen molar-refractivity contribution in [2.45, 2.75) is 20.3 Å². The Balaban J connectivity index is 2.21. The van der Waals surface area contributed by atoms with E-state index in [9.17, 15) is 9.59 Å². The molecule has 21 heavy (non-hydrogen) atoms. The Labute approximate surface area is 123 Å². The van der Waals surface area contributed by atoms with E-state index in [1.165, 1.54) is 6.07 Å². The summed E-state index contributed by atoms with van der Waals surface area (Å²) in [6, 6.07) is 5.09. The second kappa shape index (κ2) is 5.92. The Kier molecular flexibility index (Phi) is 4.22. The number of piperidine rings is 1. The van der Waals surface area contributed by atoms with Crippen LogP contribution in [0, 0.1) is 30.1 Å². The number of hydrogen-bond acceptors (Lipinski definition) is 4. The highest BCUT2D eigenvalue weighted by molar-refractivity contribution is 5.93. The Bertz CT molecular complexity index is 621. The van der Waals surface area contributed by atoms with E-state index < -0.39 is 11.9 Å². The number of likely N-dealkylation sites (tertiary alicyclic amines) is 1. The van der Waals surface area contributed by atoms with Crippen molar-refractivity contribution in [2.24, 2.45) is 11.8 Å². The molecule has 0 saturated carbocycles. The minimum atomic E-state index is -0.872. The van der Waals surface area contributed by atoms with Crippen LogP contribution in [0.3, 0.4) is 0 Å². The number of hydrogen-bond donors (Lipinski definition) is 1. The molecule has 1 aliphatic heterocycles. The standard InChI is InChI=1S/C15H17N3O3/c1-9-5-12(15(20)21)8-18(7-9)14(19)13-4-3-11(6-16)10(2)17-13/h3-4,9,12H,5,7-8H2,1-2H3,(H,20,21). The molecule has 0 aliphatic carbocycles. The molecule has 1 fully saturated rings. The SMILES string of the molecule is Cc1nc(C(=O)N2CC(C)CC(C(=O)O)C2)ccc1C#N. The number of amides is 1. The number of aryl methyl sites for hydroxylation is 1. The summed E-state index contributed by atoms with van der Waals surface area (Å²) < 4.78 is 0. The minimum Gasteiger partial charge on any atom is -0.481 e. The second-order valence-electron chi connectivity index (χ2n) is 5.53. The van der Waals surface area contributed by atoms with Gasteiger partial charge < -0.3 is 10.0 Å². The molecular formula is C15H17N3O3. The van der Waals surface area contributed by atoms with E-state index in [0.29, 0.717) is 24.2 Å². The number of nitrogens with zero attached hydrogens (tertiary/aromatic N) is 3. The molecule has 0 radical (unpaired) electrons. The van der Waals surface area contributed by atoms with E-state index in [-0.39, 0.29) is 24.1 Å². The van der Waals surface area contributed by atoms with E-state index in [2.05, 4.69) is 4.98 Å². The molecule has 2 heterocycles. The number of carboxylic acid groups (broad SMARTS) is 1. The van der Waals surface area contributed by atoms with Crippen molar-refractivity contribution in [3.8, 4) is 6.07 Å². The fourth-order valence-electron chi connectivity index (χ4n) is 2.66. The molecule has 2 unspecified atom stereocenters. The van der Waals surface area contributed by atoms with Gasteiger partial charge in [-0.3, -0.25) is 9.59 Å². The lowest BCUT2D eigenvalue weighted by Crippen LogP contribution is -2.45. The molecule has 110 valence electrons. The lowest BCUT2D eigenvalue weighted by atomic mass is 9.90. The Hall–Kier alpha value is -2.42.